The minimum absolute atomic E-state index is 0.132. The van der Waals surface area contributed by atoms with Crippen molar-refractivity contribution < 1.29 is 13.2 Å². The molecule has 1 saturated heterocycles. The van der Waals surface area contributed by atoms with E-state index in [4.69, 9.17) is 10.5 Å². The molecule has 112 valence electrons. The third kappa shape index (κ3) is 3.90. The molecule has 1 aliphatic heterocycles. The van der Waals surface area contributed by atoms with E-state index >= 15 is 0 Å². The lowest BCUT2D eigenvalue weighted by Crippen LogP contribution is -2.44. The molecule has 2 aliphatic rings. The molecule has 6 heteroatoms. The molecule has 2 fully saturated rings. The molecule has 1 aliphatic carbocycles. The van der Waals surface area contributed by atoms with E-state index in [9.17, 15) is 8.42 Å². The Bertz CT molecular complexity index is 391. The molecule has 1 atom stereocenters. The third-order valence-corrected chi connectivity index (χ3v) is 5.73. The van der Waals surface area contributed by atoms with Crippen LogP contribution >= 0.6 is 0 Å². The van der Waals surface area contributed by atoms with Gasteiger partial charge in [0.1, 0.15) is 0 Å². The van der Waals surface area contributed by atoms with E-state index in [-0.39, 0.29) is 5.60 Å². The van der Waals surface area contributed by atoms with Crippen molar-refractivity contribution in [2.75, 3.05) is 32.5 Å². The molecule has 1 saturated carbocycles. The number of sulfonamides is 1. The van der Waals surface area contributed by atoms with Gasteiger partial charge in [-0.15, -0.1) is 0 Å². The molecule has 0 aromatic heterocycles. The summed E-state index contributed by atoms with van der Waals surface area (Å²) in [6, 6.07) is 0. The van der Waals surface area contributed by atoms with Gasteiger partial charge in [-0.25, -0.2) is 12.7 Å². The third-order valence-electron chi connectivity index (χ3n) is 4.46. The van der Waals surface area contributed by atoms with Crippen LogP contribution in [0.1, 0.15) is 38.5 Å². The Hall–Kier alpha value is -0.170. The molecule has 0 radical (unpaired) electrons. The summed E-state index contributed by atoms with van der Waals surface area (Å²) in [5.41, 5.74) is 5.72. The zero-order valence-electron chi connectivity index (χ0n) is 11.8. The molecule has 0 amide bonds. The largest absolute Gasteiger partial charge is 0.373 e. The first-order chi connectivity index (χ1) is 8.95. The summed E-state index contributed by atoms with van der Waals surface area (Å²) < 4.78 is 30.8. The standard InChI is InChI=1S/C13H26N2O3S/c1-19(16,17)15-8-4-5-12(9-15)10-18-13(11-14)6-2-3-7-13/h12H,2-11,14H2,1H3. The minimum atomic E-state index is -3.06. The van der Waals surface area contributed by atoms with Crippen LogP contribution in [0.25, 0.3) is 0 Å². The van der Waals surface area contributed by atoms with E-state index in [0.29, 0.717) is 32.2 Å². The van der Waals surface area contributed by atoms with Gasteiger partial charge in [0.15, 0.2) is 0 Å². The molecule has 0 aromatic rings. The normalized spacial score (nSPS) is 28.6. The van der Waals surface area contributed by atoms with Gasteiger partial charge in [0.05, 0.1) is 18.5 Å². The zero-order valence-corrected chi connectivity index (χ0v) is 12.6. The molecular formula is C13H26N2O3S. The average Bonchev–Trinajstić information content (AvgIpc) is 2.85. The number of piperidine rings is 1. The van der Waals surface area contributed by atoms with Gasteiger partial charge >= 0.3 is 0 Å². The first-order valence-corrected chi connectivity index (χ1v) is 9.09. The van der Waals surface area contributed by atoms with E-state index in [1.807, 2.05) is 0 Å². The summed E-state index contributed by atoms with van der Waals surface area (Å²) in [4.78, 5) is 0. The molecule has 2 rings (SSSR count). The predicted octanol–water partition coefficient (Wildman–Crippen LogP) is 0.946. The molecule has 0 spiro atoms. The summed E-state index contributed by atoms with van der Waals surface area (Å²) in [6.07, 6.45) is 7.74. The monoisotopic (exact) mass is 290 g/mol. The van der Waals surface area contributed by atoms with Gasteiger partial charge in [-0.05, 0) is 31.6 Å². The lowest BCUT2D eigenvalue weighted by Gasteiger charge is -2.34. The molecule has 0 bridgehead atoms. The number of rotatable bonds is 5. The van der Waals surface area contributed by atoms with Crippen LogP contribution in [0, 0.1) is 5.92 Å². The van der Waals surface area contributed by atoms with Crippen LogP contribution in [-0.2, 0) is 14.8 Å². The number of nitrogens with zero attached hydrogens (tertiary/aromatic N) is 1. The summed E-state index contributed by atoms with van der Waals surface area (Å²) in [5.74, 6) is 0.312. The number of ether oxygens (including phenoxy) is 1. The molecule has 5 nitrogen and oxygen atoms in total. The van der Waals surface area contributed by atoms with E-state index in [0.717, 1.165) is 25.7 Å². The van der Waals surface area contributed by atoms with Crippen LogP contribution in [0.3, 0.4) is 0 Å². The van der Waals surface area contributed by atoms with Gasteiger partial charge in [-0.1, -0.05) is 12.8 Å². The maximum Gasteiger partial charge on any atom is 0.211 e. The van der Waals surface area contributed by atoms with Gasteiger partial charge in [0.25, 0.3) is 0 Å². The van der Waals surface area contributed by atoms with Gasteiger partial charge < -0.3 is 10.5 Å². The first-order valence-electron chi connectivity index (χ1n) is 7.24. The van der Waals surface area contributed by atoms with Crippen LogP contribution in [-0.4, -0.2) is 50.8 Å². The van der Waals surface area contributed by atoms with Gasteiger partial charge in [0.2, 0.25) is 10.0 Å². The second kappa shape index (κ2) is 6.08. The summed E-state index contributed by atoms with van der Waals surface area (Å²) in [7, 11) is -3.06. The van der Waals surface area contributed by atoms with Crippen molar-refractivity contribution in [3.63, 3.8) is 0 Å². The zero-order chi connectivity index (χ0) is 13.9. The maximum atomic E-state index is 11.6. The SMILES string of the molecule is CS(=O)(=O)N1CCCC(COC2(CN)CCCC2)C1. The van der Waals surface area contributed by atoms with Crippen molar-refractivity contribution in [1.29, 1.82) is 0 Å². The second-order valence-corrected chi connectivity index (χ2v) is 8.02. The minimum Gasteiger partial charge on any atom is -0.373 e. The fraction of sp³-hybridized carbons (Fsp3) is 1.00. The predicted molar refractivity (Wildman–Crippen MR) is 75.3 cm³/mol. The highest BCUT2D eigenvalue weighted by Crippen LogP contribution is 2.33. The second-order valence-electron chi connectivity index (χ2n) is 6.03. The Kier molecular flexibility index (Phi) is 4.87. The quantitative estimate of drug-likeness (QED) is 0.818. The number of nitrogens with two attached hydrogens (primary N) is 1. The van der Waals surface area contributed by atoms with Crippen molar-refractivity contribution in [2.24, 2.45) is 11.7 Å². The van der Waals surface area contributed by atoms with Gasteiger partial charge in [0, 0.05) is 19.6 Å². The lowest BCUT2D eigenvalue weighted by molar-refractivity contribution is -0.0556. The number of hydrogen-bond donors (Lipinski definition) is 1. The fourth-order valence-electron chi connectivity index (χ4n) is 3.19. The summed E-state index contributed by atoms with van der Waals surface area (Å²) in [6.45, 7) is 2.47. The maximum absolute atomic E-state index is 11.6. The Morgan fingerprint density at radius 1 is 1.32 bits per heavy atom. The summed E-state index contributed by atoms with van der Waals surface area (Å²) >= 11 is 0. The Morgan fingerprint density at radius 2 is 2.00 bits per heavy atom. The highest BCUT2D eigenvalue weighted by atomic mass is 32.2. The van der Waals surface area contributed by atoms with E-state index in [1.54, 1.807) is 4.31 Å². The highest BCUT2D eigenvalue weighted by molar-refractivity contribution is 7.88. The van der Waals surface area contributed by atoms with E-state index in [2.05, 4.69) is 0 Å². The Morgan fingerprint density at radius 3 is 2.58 bits per heavy atom. The molecular weight excluding hydrogens is 264 g/mol. The topological polar surface area (TPSA) is 72.6 Å². The van der Waals surface area contributed by atoms with Crippen LogP contribution in [0.5, 0.6) is 0 Å². The number of hydrogen-bond acceptors (Lipinski definition) is 4. The van der Waals surface area contributed by atoms with Crippen LogP contribution in [0.15, 0.2) is 0 Å². The smallest absolute Gasteiger partial charge is 0.211 e. The molecule has 1 heterocycles. The molecule has 19 heavy (non-hydrogen) atoms. The van der Waals surface area contributed by atoms with Crippen LogP contribution < -0.4 is 5.73 Å². The lowest BCUT2D eigenvalue weighted by atomic mass is 9.99. The average molecular weight is 290 g/mol. The highest BCUT2D eigenvalue weighted by Gasteiger charge is 2.35. The first kappa shape index (κ1) is 15.2. The molecule has 2 N–H and O–H groups in total. The van der Waals surface area contributed by atoms with Crippen molar-refractivity contribution >= 4 is 10.0 Å². The van der Waals surface area contributed by atoms with Crippen LogP contribution in [0.4, 0.5) is 0 Å². The van der Waals surface area contributed by atoms with Crippen molar-refractivity contribution in [3.8, 4) is 0 Å². The Balaban J connectivity index is 1.86. The fourth-order valence-corrected chi connectivity index (χ4v) is 4.13. The van der Waals surface area contributed by atoms with Crippen molar-refractivity contribution in [2.45, 2.75) is 44.1 Å². The van der Waals surface area contributed by atoms with Crippen molar-refractivity contribution in [1.82, 2.24) is 4.31 Å². The van der Waals surface area contributed by atoms with Gasteiger partial charge in [-0.3, -0.25) is 0 Å². The van der Waals surface area contributed by atoms with Crippen molar-refractivity contribution in [3.05, 3.63) is 0 Å². The van der Waals surface area contributed by atoms with Gasteiger partial charge in [-0.2, -0.15) is 0 Å². The summed E-state index contributed by atoms with van der Waals surface area (Å²) in [5, 5.41) is 0. The van der Waals surface area contributed by atoms with E-state index in [1.165, 1.54) is 19.1 Å². The van der Waals surface area contributed by atoms with Crippen LogP contribution in [0.2, 0.25) is 0 Å². The Labute approximate surface area is 116 Å². The van der Waals surface area contributed by atoms with E-state index < -0.39 is 10.0 Å². The molecule has 0 aromatic carbocycles. The molecule has 1 unspecified atom stereocenters.